The standard InChI is InChI=1S/C21H26N2O/c1-15-8-6-7-11-19(15)18-12-16(2)23(14-18)21(24)13-20(22)17-9-4-3-5-10-17/h3-11,16,18,20H,12-14,22H2,1-2H3. The molecule has 1 aliphatic heterocycles. The highest BCUT2D eigenvalue weighted by Gasteiger charge is 2.34. The number of rotatable bonds is 4. The van der Waals surface area contributed by atoms with Gasteiger partial charge in [-0.1, -0.05) is 54.6 Å². The monoisotopic (exact) mass is 322 g/mol. The van der Waals surface area contributed by atoms with Gasteiger partial charge in [0.25, 0.3) is 0 Å². The summed E-state index contributed by atoms with van der Waals surface area (Å²) in [7, 11) is 0. The first-order chi connectivity index (χ1) is 11.6. The van der Waals surface area contributed by atoms with Gasteiger partial charge in [-0.2, -0.15) is 0 Å². The maximum atomic E-state index is 12.7. The molecule has 1 amide bonds. The highest BCUT2D eigenvalue weighted by atomic mass is 16.2. The lowest BCUT2D eigenvalue weighted by Gasteiger charge is -2.23. The molecule has 0 spiro atoms. The fourth-order valence-corrected chi connectivity index (χ4v) is 3.77. The molecule has 3 unspecified atom stereocenters. The first-order valence-electron chi connectivity index (χ1n) is 8.71. The summed E-state index contributed by atoms with van der Waals surface area (Å²) in [6.07, 6.45) is 1.39. The van der Waals surface area contributed by atoms with Crippen molar-refractivity contribution in [2.75, 3.05) is 6.54 Å². The summed E-state index contributed by atoms with van der Waals surface area (Å²) in [6, 6.07) is 18.4. The highest BCUT2D eigenvalue weighted by Crippen LogP contribution is 2.34. The van der Waals surface area contributed by atoms with Crippen LogP contribution in [0.2, 0.25) is 0 Å². The van der Waals surface area contributed by atoms with Gasteiger partial charge in [-0.3, -0.25) is 4.79 Å². The number of carbonyl (C=O) groups excluding carboxylic acids is 1. The Bertz CT molecular complexity index is 698. The molecule has 126 valence electrons. The van der Waals surface area contributed by atoms with E-state index < -0.39 is 0 Å². The van der Waals surface area contributed by atoms with E-state index in [2.05, 4.69) is 38.1 Å². The van der Waals surface area contributed by atoms with E-state index in [0.29, 0.717) is 12.3 Å². The summed E-state index contributed by atoms with van der Waals surface area (Å²) < 4.78 is 0. The molecule has 2 aromatic carbocycles. The average Bonchev–Trinajstić information content (AvgIpc) is 2.97. The fraction of sp³-hybridized carbons (Fsp3) is 0.381. The molecule has 0 radical (unpaired) electrons. The summed E-state index contributed by atoms with van der Waals surface area (Å²) in [6.45, 7) is 5.09. The smallest absolute Gasteiger partial charge is 0.224 e. The van der Waals surface area contributed by atoms with Crippen LogP contribution in [0.4, 0.5) is 0 Å². The summed E-state index contributed by atoms with van der Waals surface area (Å²) in [5, 5.41) is 0. The van der Waals surface area contributed by atoms with Crippen LogP contribution in [0.25, 0.3) is 0 Å². The van der Waals surface area contributed by atoms with E-state index in [-0.39, 0.29) is 18.0 Å². The minimum atomic E-state index is -0.233. The number of amides is 1. The molecule has 2 aromatic rings. The van der Waals surface area contributed by atoms with E-state index in [1.165, 1.54) is 11.1 Å². The van der Waals surface area contributed by atoms with E-state index in [1.807, 2.05) is 35.2 Å². The molecule has 0 aromatic heterocycles. The van der Waals surface area contributed by atoms with Gasteiger partial charge < -0.3 is 10.6 Å². The zero-order chi connectivity index (χ0) is 17.1. The average molecular weight is 322 g/mol. The second kappa shape index (κ2) is 7.18. The molecule has 24 heavy (non-hydrogen) atoms. The van der Waals surface area contributed by atoms with Crippen LogP contribution in [-0.4, -0.2) is 23.4 Å². The third kappa shape index (κ3) is 3.51. The molecule has 2 N–H and O–H groups in total. The molecule has 1 heterocycles. The Morgan fingerprint density at radius 2 is 1.83 bits per heavy atom. The van der Waals surface area contributed by atoms with E-state index >= 15 is 0 Å². The van der Waals surface area contributed by atoms with Crippen molar-refractivity contribution >= 4 is 5.91 Å². The zero-order valence-corrected chi connectivity index (χ0v) is 14.5. The second-order valence-corrected chi connectivity index (χ2v) is 6.91. The van der Waals surface area contributed by atoms with Crippen molar-refractivity contribution in [1.82, 2.24) is 4.90 Å². The van der Waals surface area contributed by atoms with Crippen LogP contribution in [0.1, 0.15) is 48.4 Å². The first kappa shape index (κ1) is 16.7. The topological polar surface area (TPSA) is 46.3 Å². The number of hydrogen-bond acceptors (Lipinski definition) is 2. The van der Waals surface area contributed by atoms with Crippen LogP contribution in [0.3, 0.4) is 0 Å². The van der Waals surface area contributed by atoms with Gasteiger partial charge in [0, 0.05) is 31.0 Å². The fourth-order valence-electron chi connectivity index (χ4n) is 3.77. The number of carbonyl (C=O) groups is 1. The van der Waals surface area contributed by atoms with Crippen LogP contribution >= 0.6 is 0 Å². The molecule has 1 aliphatic rings. The van der Waals surface area contributed by atoms with Crippen molar-refractivity contribution < 1.29 is 4.79 Å². The van der Waals surface area contributed by atoms with E-state index in [1.54, 1.807) is 0 Å². The van der Waals surface area contributed by atoms with Gasteiger partial charge >= 0.3 is 0 Å². The van der Waals surface area contributed by atoms with Gasteiger partial charge in [-0.25, -0.2) is 0 Å². The third-order valence-electron chi connectivity index (χ3n) is 5.15. The van der Waals surface area contributed by atoms with E-state index in [4.69, 9.17) is 5.73 Å². The summed E-state index contributed by atoms with van der Waals surface area (Å²) in [4.78, 5) is 14.8. The Kier molecular flexibility index (Phi) is 5.00. The SMILES string of the molecule is Cc1ccccc1C1CC(C)N(C(=O)CC(N)c2ccccc2)C1. The zero-order valence-electron chi connectivity index (χ0n) is 14.5. The summed E-state index contributed by atoms with van der Waals surface area (Å²) in [5.74, 6) is 0.591. The second-order valence-electron chi connectivity index (χ2n) is 6.91. The maximum Gasteiger partial charge on any atom is 0.224 e. The first-order valence-corrected chi connectivity index (χ1v) is 8.71. The molecule has 0 bridgehead atoms. The van der Waals surface area contributed by atoms with Gasteiger partial charge in [-0.05, 0) is 37.0 Å². The summed E-state index contributed by atoms with van der Waals surface area (Å²) >= 11 is 0. The van der Waals surface area contributed by atoms with Gasteiger partial charge in [0.15, 0.2) is 0 Å². The Hall–Kier alpha value is -2.13. The molecule has 3 rings (SSSR count). The lowest BCUT2D eigenvalue weighted by Crippen LogP contribution is -2.35. The van der Waals surface area contributed by atoms with Crippen LogP contribution in [0.15, 0.2) is 54.6 Å². The van der Waals surface area contributed by atoms with E-state index in [0.717, 1.165) is 18.5 Å². The van der Waals surface area contributed by atoms with Crippen molar-refractivity contribution in [3.63, 3.8) is 0 Å². The van der Waals surface area contributed by atoms with Gasteiger partial charge in [0.05, 0.1) is 0 Å². The largest absolute Gasteiger partial charge is 0.339 e. The lowest BCUT2D eigenvalue weighted by atomic mass is 9.93. The van der Waals surface area contributed by atoms with E-state index in [9.17, 15) is 4.79 Å². The van der Waals surface area contributed by atoms with Crippen LogP contribution < -0.4 is 5.73 Å². The quantitative estimate of drug-likeness (QED) is 0.931. The minimum Gasteiger partial charge on any atom is -0.339 e. The number of aryl methyl sites for hydroxylation is 1. The van der Waals surface area contributed by atoms with Gasteiger partial charge in [-0.15, -0.1) is 0 Å². The van der Waals surface area contributed by atoms with Crippen molar-refractivity contribution in [3.05, 3.63) is 71.3 Å². The molecule has 0 saturated carbocycles. The number of nitrogens with two attached hydrogens (primary N) is 1. The molecule has 1 fully saturated rings. The maximum absolute atomic E-state index is 12.7. The molecule has 3 heteroatoms. The minimum absolute atomic E-state index is 0.162. The predicted molar refractivity (Wildman–Crippen MR) is 97.7 cm³/mol. The molecular formula is C21H26N2O. The van der Waals surface area contributed by atoms with Crippen molar-refractivity contribution in [1.29, 1.82) is 0 Å². The number of benzene rings is 2. The summed E-state index contributed by atoms with van der Waals surface area (Å²) in [5.41, 5.74) is 9.93. The molecular weight excluding hydrogens is 296 g/mol. The number of likely N-dealkylation sites (tertiary alicyclic amines) is 1. The third-order valence-corrected chi connectivity index (χ3v) is 5.15. The molecule has 1 saturated heterocycles. The highest BCUT2D eigenvalue weighted by molar-refractivity contribution is 5.78. The Balaban J connectivity index is 1.67. The lowest BCUT2D eigenvalue weighted by molar-refractivity contribution is -0.132. The molecule has 0 aliphatic carbocycles. The van der Waals surface area contributed by atoms with Crippen molar-refractivity contribution in [2.45, 2.75) is 44.7 Å². The molecule has 3 nitrogen and oxygen atoms in total. The van der Waals surface area contributed by atoms with Crippen LogP contribution in [-0.2, 0) is 4.79 Å². The molecule has 3 atom stereocenters. The Labute approximate surface area is 144 Å². The van der Waals surface area contributed by atoms with Crippen LogP contribution in [0.5, 0.6) is 0 Å². The Morgan fingerprint density at radius 1 is 1.17 bits per heavy atom. The van der Waals surface area contributed by atoms with Gasteiger partial charge in [0.2, 0.25) is 5.91 Å². The number of hydrogen-bond donors (Lipinski definition) is 1. The van der Waals surface area contributed by atoms with Gasteiger partial charge in [0.1, 0.15) is 0 Å². The number of nitrogens with zero attached hydrogens (tertiary/aromatic N) is 1. The Morgan fingerprint density at radius 3 is 2.54 bits per heavy atom. The van der Waals surface area contributed by atoms with Crippen molar-refractivity contribution in [3.8, 4) is 0 Å². The van der Waals surface area contributed by atoms with Crippen LogP contribution in [0, 0.1) is 6.92 Å². The predicted octanol–water partition coefficient (Wildman–Crippen LogP) is 3.79. The normalized spacial score (nSPS) is 21.7. The van der Waals surface area contributed by atoms with Crippen molar-refractivity contribution in [2.24, 2.45) is 5.73 Å².